The number of nitrogens with zero attached hydrogens (tertiary/aromatic N) is 5. The second-order valence-corrected chi connectivity index (χ2v) is 8.08. The summed E-state index contributed by atoms with van der Waals surface area (Å²) in [7, 11) is 0. The number of aromatic nitrogens is 4. The van der Waals surface area contributed by atoms with Crippen molar-refractivity contribution in [2.75, 3.05) is 18.0 Å². The zero-order chi connectivity index (χ0) is 23.1. The number of benzene rings is 2. The van der Waals surface area contributed by atoms with Crippen LogP contribution in [-0.4, -0.2) is 45.1 Å². The molecule has 2 amide bonds. The molecule has 8 nitrogen and oxygen atoms in total. The van der Waals surface area contributed by atoms with E-state index < -0.39 is 11.7 Å². The molecule has 0 aliphatic heterocycles. The lowest BCUT2D eigenvalue weighted by Crippen LogP contribution is -2.43. The van der Waals surface area contributed by atoms with Gasteiger partial charge in [0.15, 0.2) is 0 Å². The molecule has 1 N–H and O–H groups in total. The van der Waals surface area contributed by atoms with Gasteiger partial charge in [0, 0.05) is 22.8 Å². The van der Waals surface area contributed by atoms with Crippen LogP contribution in [0.3, 0.4) is 0 Å². The molecule has 0 atom stereocenters. The Bertz CT molecular complexity index is 1070. The van der Waals surface area contributed by atoms with Crippen molar-refractivity contribution in [3.8, 4) is 11.4 Å². The average Bonchev–Trinajstić information content (AvgIpc) is 3.20. The van der Waals surface area contributed by atoms with Crippen molar-refractivity contribution in [1.82, 2.24) is 25.5 Å². The van der Waals surface area contributed by atoms with Crippen molar-refractivity contribution < 1.29 is 14.0 Å². The molecule has 168 valence electrons. The summed E-state index contributed by atoms with van der Waals surface area (Å²) in [5, 5.41) is 15.5. The van der Waals surface area contributed by atoms with Crippen LogP contribution in [0.15, 0.2) is 48.5 Å². The molecule has 3 rings (SSSR count). The molecule has 1 aromatic heterocycles. The number of amides is 2. The molecule has 1 heterocycles. The van der Waals surface area contributed by atoms with Crippen molar-refractivity contribution in [2.45, 2.75) is 26.8 Å². The third-order valence-corrected chi connectivity index (χ3v) is 4.85. The fourth-order valence-corrected chi connectivity index (χ4v) is 3.02. The van der Waals surface area contributed by atoms with Crippen molar-refractivity contribution in [2.24, 2.45) is 5.92 Å². The summed E-state index contributed by atoms with van der Waals surface area (Å²) in [6.45, 7) is 4.09. The maximum atomic E-state index is 13.8. The number of carbonyl (C=O) groups excluding carboxylic acids is 2. The van der Waals surface area contributed by atoms with Crippen LogP contribution in [0.5, 0.6) is 0 Å². The van der Waals surface area contributed by atoms with Gasteiger partial charge in [-0.05, 0) is 60.0 Å². The van der Waals surface area contributed by atoms with Gasteiger partial charge in [-0.25, -0.2) is 4.39 Å². The molecule has 0 saturated carbocycles. The smallest absolute Gasteiger partial charge is 0.251 e. The van der Waals surface area contributed by atoms with Gasteiger partial charge < -0.3 is 10.2 Å². The van der Waals surface area contributed by atoms with Gasteiger partial charge in [-0.15, -0.1) is 10.2 Å². The van der Waals surface area contributed by atoms with E-state index in [2.05, 4.69) is 34.6 Å². The minimum Gasteiger partial charge on any atom is -0.355 e. The second kappa shape index (κ2) is 10.8. The SMILES string of the molecule is CC(C)CCNC(=O)CN(C(=O)Cn1nnc(-c2ccc(Cl)cc2)n1)c1cccc(F)c1. The number of carbonyl (C=O) groups is 2. The molecule has 0 unspecified atom stereocenters. The molecule has 0 spiro atoms. The third kappa shape index (κ3) is 6.58. The highest BCUT2D eigenvalue weighted by molar-refractivity contribution is 6.30. The van der Waals surface area contributed by atoms with Crippen LogP contribution < -0.4 is 10.2 Å². The molecule has 0 aliphatic carbocycles. The van der Waals surface area contributed by atoms with E-state index in [1.807, 2.05) is 0 Å². The predicted octanol–water partition coefficient (Wildman–Crippen LogP) is 3.33. The molecule has 0 aliphatic rings. The molecule has 3 aromatic rings. The Hall–Kier alpha value is -3.33. The summed E-state index contributed by atoms with van der Waals surface area (Å²) in [5.74, 6) is -0.557. The molecule has 0 fully saturated rings. The quantitative estimate of drug-likeness (QED) is 0.531. The van der Waals surface area contributed by atoms with E-state index in [1.165, 1.54) is 23.1 Å². The summed E-state index contributed by atoms with van der Waals surface area (Å²) < 4.78 is 13.8. The van der Waals surface area contributed by atoms with Crippen molar-refractivity contribution in [1.29, 1.82) is 0 Å². The largest absolute Gasteiger partial charge is 0.355 e. The van der Waals surface area contributed by atoms with E-state index >= 15 is 0 Å². The van der Waals surface area contributed by atoms with Gasteiger partial charge in [0.25, 0.3) is 5.91 Å². The van der Waals surface area contributed by atoms with E-state index in [-0.39, 0.29) is 24.7 Å². The first kappa shape index (κ1) is 23.3. The molecule has 32 heavy (non-hydrogen) atoms. The molecule has 2 aromatic carbocycles. The van der Waals surface area contributed by atoms with Gasteiger partial charge in [-0.2, -0.15) is 4.80 Å². The minimum atomic E-state index is -0.510. The van der Waals surface area contributed by atoms with Crippen LogP contribution in [-0.2, 0) is 16.1 Å². The number of hydrogen-bond donors (Lipinski definition) is 1. The summed E-state index contributed by atoms with van der Waals surface area (Å²) in [5.41, 5.74) is 0.965. The molecule has 0 bridgehead atoms. The van der Waals surface area contributed by atoms with E-state index in [9.17, 15) is 14.0 Å². The van der Waals surface area contributed by atoms with Gasteiger partial charge in [0.2, 0.25) is 11.7 Å². The molecular formula is C22H24ClFN6O2. The van der Waals surface area contributed by atoms with Crippen molar-refractivity contribution in [3.05, 3.63) is 59.4 Å². The standard InChI is InChI=1S/C22H24ClFN6O2/c1-15(2)10-11-25-20(31)13-29(19-5-3-4-18(24)12-19)21(32)14-30-27-22(26-28-30)16-6-8-17(23)9-7-16/h3-9,12,15H,10-11,13-14H2,1-2H3,(H,25,31). The highest BCUT2D eigenvalue weighted by Gasteiger charge is 2.21. The van der Waals surface area contributed by atoms with Gasteiger partial charge in [-0.1, -0.05) is 31.5 Å². The normalized spacial score (nSPS) is 10.9. The highest BCUT2D eigenvalue weighted by atomic mass is 35.5. The number of anilines is 1. The Kier molecular flexibility index (Phi) is 7.88. The topological polar surface area (TPSA) is 93.0 Å². The first-order chi connectivity index (χ1) is 15.3. The van der Waals surface area contributed by atoms with Crippen LogP contribution in [0.25, 0.3) is 11.4 Å². The van der Waals surface area contributed by atoms with Gasteiger partial charge in [0.05, 0.1) is 0 Å². The monoisotopic (exact) mass is 458 g/mol. The van der Waals surface area contributed by atoms with Gasteiger partial charge in [-0.3, -0.25) is 9.59 Å². The highest BCUT2D eigenvalue weighted by Crippen LogP contribution is 2.18. The summed E-state index contributed by atoms with van der Waals surface area (Å²) in [6, 6.07) is 12.4. The van der Waals surface area contributed by atoms with E-state index in [0.29, 0.717) is 28.9 Å². The Morgan fingerprint density at radius 1 is 1.19 bits per heavy atom. The van der Waals surface area contributed by atoms with Crippen LogP contribution >= 0.6 is 11.6 Å². The number of rotatable bonds is 9. The minimum absolute atomic E-state index is 0.251. The second-order valence-electron chi connectivity index (χ2n) is 7.64. The van der Waals surface area contributed by atoms with Crippen molar-refractivity contribution >= 4 is 29.1 Å². The Labute approximate surface area is 190 Å². The summed E-state index contributed by atoms with van der Waals surface area (Å²) >= 11 is 5.89. The number of hydrogen-bond acceptors (Lipinski definition) is 5. The van der Waals surface area contributed by atoms with Gasteiger partial charge >= 0.3 is 0 Å². The van der Waals surface area contributed by atoms with Crippen LogP contribution in [0.2, 0.25) is 5.02 Å². The Balaban J connectivity index is 1.73. The average molecular weight is 459 g/mol. The first-order valence-corrected chi connectivity index (χ1v) is 10.6. The first-order valence-electron chi connectivity index (χ1n) is 10.2. The van der Waals surface area contributed by atoms with E-state index in [4.69, 9.17) is 11.6 Å². The van der Waals surface area contributed by atoms with Crippen LogP contribution in [0, 0.1) is 11.7 Å². The predicted molar refractivity (Wildman–Crippen MR) is 119 cm³/mol. The zero-order valence-electron chi connectivity index (χ0n) is 17.8. The third-order valence-electron chi connectivity index (χ3n) is 4.60. The van der Waals surface area contributed by atoms with Crippen molar-refractivity contribution in [3.63, 3.8) is 0 Å². The van der Waals surface area contributed by atoms with Gasteiger partial charge in [0.1, 0.15) is 18.9 Å². The zero-order valence-corrected chi connectivity index (χ0v) is 18.6. The maximum absolute atomic E-state index is 13.8. The number of halogens is 2. The van der Waals surface area contributed by atoms with E-state index in [0.717, 1.165) is 11.2 Å². The molecule has 0 radical (unpaired) electrons. The molecule has 10 heteroatoms. The Morgan fingerprint density at radius 2 is 1.94 bits per heavy atom. The lowest BCUT2D eigenvalue weighted by Gasteiger charge is -2.22. The van der Waals surface area contributed by atoms with Crippen LogP contribution in [0.1, 0.15) is 20.3 Å². The number of nitrogens with one attached hydrogen (secondary N) is 1. The van der Waals surface area contributed by atoms with Crippen LogP contribution in [0.4, 0.5) is 10.1 Å². The fraction of sp³-hybridized carbons (Fsp3) is 0.318. The lowest BCUT2D eigenvalue weighted by atomic mass is 10.1. The summed E-state index contributed by atoms with van der Waals surface area (Å²) in [6.07, 6.45) is 0.815. The lowest BCUT2D eigenvalue weighted by molar-refractivity contribution is -0.124. The molecular weight excluding hydrogens is 435 g/mol. The fourth-order valence-electron chi connectivity index (χ4n) is 2.90. The summed E-state index contributed by atoms with van der Waals surface area (Å²) in [4.78, 5) is 27.8. The van der Waals surface area contributed by atoms with E-state index in [1.54, 1.807) is 30.3 Å². The number of tetrazole rings is 1. The molecule has 0 saturated heterocycles. The Morgan fingerprint density at radius 3 is 2.62 bits per heavy atom. The maximum Gasteiger partial charge on any atom is 0.251 e.